The third-order valence-corrected chi connectivity index (χ3v) is 6.84. The number of aromatic nitrogens is 2. The van der Waals surface area contributed by atoms with Crippen LogP contribution in [0.5, 0.6) is 0 Å². The van der Waals surface area contributed by atoms with E-state index in [4.69, 9.17) is 17.0 Å². The average Bonchev–Trinajstić information content (AvgIpc) is 3.39. The summed E-state index contributed by atoms with van der Waals surface area (Å²) in [6.07, 6.45) is 1.74. The van der Waals surface area contributed by atoms with Gasteiger partial charge >= 0.3 is 5.97 Å². The summed E-state index contributed by atoms with van der Waals surface area (Å²) >= 11 is 5.73. The summed E-state index contributed by atoms with van der Waals surface area (Å²) < 4.78 is 22.0. The smallest absolute Gasteiger partial charge is 0.337 e. The van der Waals surface area contributed by atoms with E-state index in [1.807, 2.05) is 49.1 Å². The maximum absolute atomic E-state index is 15.0. The van der Waals surface area contributed by atoms with Crippen molar-refractivity contribution < 1.29 is 13.9 Å². The van der Waals surface area contributed by atoms with Crippen molar-refractivity contribution in [1.82, 2.24) is 14.9 Å². The van der Waals surface area contributed by atoms with Crippen LogP contribution in [0.4, 0.5) is 10.1 Å². The van der Waals surface area contributed by atoms with E-state index in [0.29, 0.717) is 16.4 Å². The number of nitrogens with one attached hydrogen (secondary N) is 1. The van der Waals surface area contributed by atoms with Crippen molar-refractivity contribution in [2.75, 3.05) is 12.0 Å². The molecule has 0 bridgehead atoms. The van der Waals surface area contributed by atoms with Gasteiger partial charge in [-0.1, -0.05) is 24.3 Å². The van der Waals surface area contributed by atoms with Gasteiger partial charge in [0.05, 0.1) is 36.1 Å². The topological polar surface area (TPSA) is 59.4 Å². The fourth-order valence-corrected chi connectivity index (χ4v) is 5.29. The van der Waals surface area contributed by atoms with Gasteiger partial charge < -0.3 is 19.5 Å². The Bertz CT molecular complexity index is 1450. The molecule has 4 aromatic rings. The SMILES string of the molecule is COC(=O)c1cccc(-n2c(C)cc(C3C(c4ccccn4)NC(=S)N3c3ccccc3F)c2C)c1. The van der Waals surface area contributed by atoms with Gasteiger partial charge in [-0.2, -0.15) is 0 Å². The van der Waals surface area contributed by atoms with Gasteiger partial charge in [0.15, 0.2) is 5.11 Å². The highest BCUT2D eigenvalue weighted by molar-refractivity contribution is 7.80. The second-order valence-corrected chi connectivity index (χ2v) is 9.04. The van der Waals surface area contributed by atoms with E-state index in [1.165, 1.54) is 13.2 Å². The van der Waals surface area contributed by atoms with E-state index in [0.717, 1.165) is 28.3 Å². The number of halogens is 1. The largest absolute Gasteiger partial charge is 0.465 e. The lowest BCUT2D eigenvalue weighted by Gasteiger charge is -2.28. The Balaban J connectivity index is 1.68. The summed E-state index contributed by atoms with van der Waals surface area (Å²) in [6.45, 7) is 4.02. The van der Waals surface area contributed by atoms with Crippen LogP contribution in [0.2, 0.25) is 0 Å². The van der Waals surface area contributed by atoms with Crippen LogP contribution in [0.1, 0.15) is 45.1 Å². The highest BCUT2D eigenvalue weighted by atomic mass is 32.1. The fraction of sp³-hybridized carbons (Fsp3) is 0.179. The molecule has 5 rings (SSSR count). The maximum atomic E-state index is 15.0. The molecule has 2 atom stereocenters. The molecule has 0 spiro atoms. The number of ether oxygens (including phenoxy) is 1. The number of benzene rings is 2. The minimum Gasteiger partial charge on any atom is -0.465 e. The Morgan fingerprint density at radius 1 is 1.06 bits per heavy atom. The second-order valence-electron chi connectivity index (χ2n) is 8.65. The van der Waals surface area contributed by atoms with Crippen molar-refractivity contribution in [1.29, 1.82) is 0 Å². The lowest BCUT2D eigenvalue weighted by molar-refractivity contribution is 0.0600. The Morgan fingerprint density at radius 3 is 2.56 bits per heavy atom. The molecule has 1 N–H and O–H groups in total. The number of carbonyl (C=O) groups excluding carboxylic acids is 1. The van der Waals surface area contributed by atoms with Crippen LogP contribution in [0, 0.1) is 19.7 Å². The minimum atomic E-state index is -0.397. The summed E-state index contributed by atoms with van der Waals surface area (Å²) in [6, 6.07) is 21.1. The molecule has 0 amide bonds. The van der Waals surface area contributed by atoms with E-state index in [9.17, 15) is 4.79 Å². The van der Waals surface area contributed by atoms with Gasteiger partial charge in [0.2, 0.25) is 0 Å². The standard InChI is InChI=1S/C28H25FN4O2S/c1-17-15-21(18(2)32(17)20-10-8-9-19(16-20)27(34)35-3)26-25(23-12-6-7-14-30-23)31-28(36)33(26)24-13-5-4-11-22(24)29/h4-16,25-26H,1-3H3,(H,31,36). The van der Waals surface area contributed by atoms with Gasteiger partial charge in [-0.15, -0.1) is 0 Å². The van der Waals surface area contributed by atoms with Crippen molar-refractivity contribution in [2.24, 2.45) is 0 Å². The molecule has 1 fully saturated rings. The first-order valence-corrected chi connectivity index (χ1v) is 11.9. The normalized spacial score (nSPS) is 17.2. The molecule has 3 heterocycles. The van der Waals surface area contributed by atoms with E-state index in [2.05, 4.69) is 20.9 Å². The van der Waals surface area contributed by atoms with Gasteiger partial charge in [-0.25, -0.2) is 9.18 Å². The predicted molar refractivity (Wildman–Crippen MR) is 141 cm³/mol. The second kappa shape index (κ2) is 9.54. The number of hydrogen-bond donors (Lipinski definition) is 1. The molecule has 1 saturated heterocycles. The van der Waals surface area contributed by atoms with E-state index >= 15 is 4.39 Å². The third kappa shape index (κ3) is 4.03. The quantitative estimate of drug-likeness (QED) is 0.285. The van der Waals surface area contributed by atoms with Crippen LogP contribution in [0.25, 0.3) is 5.69 Å². The van der Waals surface area contributed by atoms with Gasteiger partial charge in [-0.3, -0.25) is 4.98 Å². The zero-order valence-electron chi connectivity index (χ0n) is 20.1. The molecule has 0 radical (unpaired) electrons. The molecule has 0 saturated carbocycles. The molecular weight excluding hydrogens is 475 g/mol. The number of thiocarbonyl (C=S) groups is 1. The molecule has 2 aromatic carbocycles. The first-order chi connectivity index (χ1) is 17.4. The molecule has 6 nitrogen and oxygen atoms in total. The van der Waals surface area contributed by atoms with Crippen LogP contribution < -0.4 is 10.2 Å². The number of para-hydroxylation sites is 1. The van der Waals surface area contributed by atoms with Gasteiger partial charge in [0.25, 0.3) is 0 Å². The van der Waals surface area contributed by atoms with Gasteiger partial charge in [0.1, 0.15) is 5.82 Å². The summed E-state index contributed by atoms with van der Waals surface area (Å²) in [5.74, 6) is -0.751. The summed E-state index contributed by atoms with van der Waals surface area (Å²) in [7, 11) is 1.37. The highest BCUT2D eigenvalue weighted by Gasteiger charge is 2.43. The lowest BCUT2D eigenvalue weighted by atomic mass is 9.96. The van der Waals surface area contributed by atoms with Gasteiger partial charge in [-0.05, 0) is 80.2 Å². The monoisotopic (exact) mass is 500 g/mol. The molecule has 8 heteroatoms. The molecular formula is C28H25FN4O2S. The minimum absolute atomic E-state index is 0.298. The summed E-state index contributed by atoms with van der Waals surface area (Å²) in [5, 5.41) is 3.81. The Morgan fingerprint density at radius 2 is 1.83 bits per heavy atom. The number of rotatable bonds is 5. The molecule has 36 heavy (non-hydrogen) atoms. The molecule has 0 aliphatic carbocycles. The number of aryl methyl sites for hydroxylation is 1. The van der Waals surface area contributed by atoms with E-state index in [-0.39, 0.29) is 17.9 Å². The van der Waals surface area contributed by atoms with Crippen LogP contribution in [0.3, 0.4) is 0 Å². The molecule has 182 valence electrons. The zero-order chi connectivity index (χ0) is 25.4. The first kappa shape index (κ1) is 23.7. The van der Waals surface area contributed by atoms with Crippen LogP contribution in [0.15, 0.2) is 79.0 Å². The van der Waals surface area contributed by atoms with Crippen molar-refractivity contribution in [3.8, 4) is 5.69 Å². The van der Waals surface area contributed by atoms with Crippen LogP contribution in [-0.2, 0) is 4.74 Å². The van der Waals surface area contributed by atoms with Crippen molar-refractivity contribution in [2.45, 2.75) is 25.9 Å². The van der Waals surface area contributed by atoms with Gasteiger partial charge in [0, 0.05) is 23.3 Å². The van der Waals surface area contributed by atoms with Crippen molar-refractivity contribution in [3.63, 3.8) is 0 Å². The Labute approximate surface area is 214 Å². The van der Waals surface area contributed by atoms with Crippen molar-refractivity contribution >= 4 is 29.0 Å². The van der Waals surface area contributed by atoms with Crippen LogP contribution >= 0.6 is 12.2 Å². The Kier molecular flexibility index (Phi) is 6.28. The number of carbonyl (C=O) groups is 1. The molecule has 1 aliphatic rings. The van der Waals surface area contributed by atoms with Crippen LogP contribution in [-0.4, -0.2) is 27.7 Å². The zero-order valence-corrected chi connectivity index (χ0v) is 20.9. The fourth-order valence-electron chi connectivity index (χ4n) is 4.95. The maximum Gasteiger partial charge on any atom is 0.337 e. The molecule has 1 aliphatic heterocycles. The van der Waals surface area contributed by atoms with E-state index < -0.39 is 5.97 Å². The number of anilines is 1. The Hall–Kier alpha value is -4.04. The summed E-state index contributed by atoms with van der Waals surface area (Å²) in [5.41, 5.74) is 5.40. The average molecular weight is 501 g/mol. The number of methoxy groups -OCH3 is 1. The van der Waals surface area contributed by atoms with Crippen molar-refractivity contribution in [3.05, 3.63) is 113 Å². The summed E-state index contributed by atoms with van der Waals surface area (Å²) in [4.78, 5) is 18.6. The number of pyridine rings is 1. The molecule has 2 aromatic heterocycles. The highest BCUT2D eigenvalue weighted by Crippen LogP contribution is 2.44. The lowest BCUT2D eigenvalue weighted by Crippen LogP contribution is -2.30. The number of hydrogen-bond acceptors (Lipinski definition) is 4. The number of nitrogens with zero attached hydrogens (tertiary/aromatic N) is 3. The first-order valence-electron chi connectivity index (χ1n) is 11.5. The van der Waals surface area contributed by atoms with E-state index in [1.54, 1.807) is 36.5 Å². The third-order valence-electron chi connectivity index (χ3n) is 6.52. The molecule has 2 unspecified atom stereocenters. The predicted octanol–water partition coefficient (Wildman–Crippen LogP) is 5.59. The number of esters is 1.